The standard InChI is InChI=1S/C12H9I3N4OS/c13-6-3-7(14)10(8(15)4-6)19-9(20)5-21-12-11(16)17-1-2-18-12/h1-4H,5H2,(H2,16,17)(H,19,20). The summed E-state index contributed by atoms with van der Waals surface area (Å²) in [5, 5.41) is 3.50. The topological polar surface area (TPSA) is 80.9 Å². The Hall–Kier alpha value is 0.110. The van der Waals surface area contributed by atoms with Gasteiger partial charge in [-0.1, -0.05) is 11.8 Å². The molecule has 1 aromatic heterocycles. The molecule has 0 saturated heterocycles. The molecular weight excluding hydrogens is 629 g/mol. The Morgan fingerprint density at radius 3 is 2.43 bits per heavy atom. The van der Waals surface area contributed by atoms with Crippen LogP contribution in [0.5, 0.6) is 0 Å². The van der Waals surface area contributed by atoms with Gasteiger partial charge in [-0.2, -0.15) is 0 Å². The fourth-order valence-corrected chi connectivity index (χ4v) is 5.95. The molecule has 0 aliphatic rings. The molecule has 21 heavy (non-hydrogen) atoms. The average Bonchev–Trinajstić information content (AvgIpc) is 2.42. The van der Waals surface area contributed by atoms with Gasteiger partial charge < -0.3 is 11.1 Å². The number of halogens is 3. The molecule has 0 atom stereocenters. The van der Waals surface area contributed by atoms with Gasteiger partial charge in [0.2, 0.25) is 5.91 Å². The second-order valence-electron chi connectivity index (χ2n) is 3.83. The average molecular weight is 638 g/mol. The van der Waals surface area contributed by atoms with Crippen LogP contribution in [0.1, 0.15) is 0 Å². The van der Waals surface area contributed by atoms with Crippen LogP contribution in [-0.4, -0.2) is 21.6 Å². The SMILES string of the molecule is Nc1nccnc1SCC(=O)Nc1c(I)cc(I)cc1I. The van der Waals surface area contributed by atoms with Crippen LogP contribution in [0.3, 0.4) is 0 Å². The van der Waals surface area contributed by atoms with E-state index in [0.717, 1.165) is 16.4 Å². The van der Waals surface area contributed by atoms with Gasteiger partial charge in [0, 0.05) is 23.1 Å². The smallest absolute Gasteiger partial charge is 0.234 e. The van der Waals surface area contributed by atoms with Crippen molar-refractivity contribution in [1.29, 1.82) is 0 Å². The first kappa shape index (κ1) is 17.5. The van der Waals surface area contributed by atoms with Crippen molar-refractivity contribution < 1.29 is 4.79 Å². The lowest BCUT2D eigenvalue weighted by Crippen LogP contribution is -2.16. The van der Waals surface area contributed by atoms with Crippen LogP contribution in [0.15, 0.2) is 29.6 Å². The molecule has 2 rings (SSSR count). The first-order chi connectivity index (χ1) is 9.97. The largest absolute Gasteiger partial charge is 0.381 e. The number of benzene rings is 1. The summed E-state index contributed by atoms with van der Waals surface area (Å²) in [7, 11) is 0. The molecule has 2 aromatic rings. The van der Waals surface area contributed by atoms with Crippen molar-refractivity contribution >= 4 is 96.9 Å². The molecule has 1 heterocycles. The summed E-state index contributed by atoms with van der Waals surface area (Å²) in [5.41, 5.74) is 6.54. The van der Waals surface area contributed by atoms with Gasteiger partial charge in [0.15, 0.2) is 5.82 Å². The number of nitrogens with one attached hydrogen (secondary N) is 1. The lowest BCUT2D eigenvalue weighted by atomic mass is 10.3. The maximum Gasteiger partial charge on any atom is 0.234 e. The van der Waals surface area contributed by atoms with E-state index in [9.17, 15) is 4.79 Å². The number of nitrogen functional groups attached to an aromatic ring is 1. The number of amides is 1. The summed E-state index contributed by atoms with van der Waals surface area (Å²) in [6.45, 7) is 0. The lowest BCUT2D eigenvalue weighted by molar-refractivity contribution is -0.113. The van der Waals surface area contributed by atoms with Gasteiger partial charge in [0.05, 0.1) is 11.4 Å². The zero-order valence-electron chi connectivity index (χ0n) is 10.4. The summed E-state index contributed by atoms with van der Waals surface area (Å²) in [5.74, 6) is 0.483. The second-order valence-corrected chi connectivity index (χ2v) is 8.36. The van der Waals surface area contributed by atoms with E-state index in [0.29, 0.717) is 10.8 Å². The maximum absolute atomic E-state index is 12.1. The van der Waals surface area contributed by atoms with Crippen molar-refractivity contribution in [3.8, 4) is 0 Å². The molecule has 110 valence electrons. The highest BCUT2D eigenvalue weighted by Crippen LogP contribution is 2.28. The molecule has 1 aromatic carbocycles. The van der Waals surface area contributed by atoms with Crippen molar-refractivity contribution in [3.05, 3.63) is 35.2 Å². The summed E-state index contributed by atoms with van der Waals surface area (Å²) in [6.07, 6.45) is 3.08. The molecular formula is C12H9I3N4OS. The third kappa shape index (κ3) is 5.06. The number of thioether (sulfide) groups is 1. The predicted molar refractivity (Wildman–Crippen MR) is 110 cm³/mol. The van der Waals surface area contributed by atoms with Crippen LogP contribution in [0.4, 0.5) is 11.5 Å². The van der Waals surface area contributed by atoms with Crippen molar-refractivity contribution in [2.75, 3.05) is 16.8 Å². The zero-order chi connectivity index (χ0) is 15.4. The van der Waals surface area contributed by atoms with Crippen molar-refractivity contribution in [2.45, 2.75) is 5.03 Å². The van der Waals surface area contributed by atoms with Gasteiger partial charge in [0.25, 0.3) is 0 Å². The first-order valence-corrected chi connectivity index (χ1v) is 9.83. The third-order valence-electron chi connectivity index (χ3n) is 2.30. The number of carbonyl (C=O) groups excluding carboxylic acids is 1. The highest BCUT2D eigenvalue weighted by atomic mass is 127. The van der Waals surface area contributed by atoms with Gasteiger partial charge in [-0.15, -0.1) is 0 Å². The zero-order valence-corrected chi connectivity index (χ0v) is 17.7. The summed E-state index contributed by atoms with van der Waals surface area (Å²) < 4.78 is 3.17. The van der Waals surface area contributed by atoms with Crippen molar-refractivity contribution in [3.63, 3.8) is 0 Å². The Kier molecular flexibility index (Phi) is 6.74. The highest BCUT2D eigenvalue weighted by molar-refractivity contribution is 14.1. The van der Waals surface area contributed by atoms with Crippen LogP contribution in [0.25, 0.3) is 0 Å². The molecule has 5 nitrogen and oxygen atoms in total. The van der Waals surface area contributed by atoms with Crippen molar-refractivity contribution in [1.82, 2.24) is 9.97 Å². The fraction of sp³-hybridized carbons (Fsp3) is 0.0833. The highest BCUT2D eigenvalue weighted by Gasteiger charge is 2.12. The number of carbonyl (C=O) groups is 1. The van der Waals surface area contributed by atoms with E-state index in [4.69, 9.17) is 5.73 Å². The number of nitrogens with zero attached hydrogens (tertiary/aromatic N) is 2. The monoisotopic (exact) mass is 638 g/mol. The van der Waals surface area contributed by atoms with Gasteiger partial charge >= 0.3 is 0 Å². The van der Waals surface area contributed by atoms with E-state index in [2.05, 4.69) is 83.1 Å². The number of hydrogen-bond donors (Lipinski definition) is 2. The Labute approximate surface area is 167 Å². The third-order valence-corrected chi connectivity index (χ3v) is 5.62. The predicted octanol–water partition coefficient (Wildman–Crippen LogP) is 3.60. The molecule has 0 aliphatic heterocycles. The molecule has 1 amide bonds. The Morgan fingerprint density at radius 1 is 1.19 bits per heavy atom. The minimum Gasteiger partial charge on any atom is -0.381 e. The van der Waals surface area contributed by atoms with Gasteiger partial charge in [-0.25, -0.2) is 9.97 Å². The molecule has 0 radical (unpaired) electrons. The fourth-order valence-electron chi connectivity index (χ4n) is 1.42. The Morgan fingerprint density at radius 2 is 1.81 bits per heavy atom. The molecule has 0 aliphatic carbocycles. The minimum absolute atomic E-state index is 0.0953. The number of nitrogens with two attached hydrogens (primary N) is 1. The van der Waals surface area contributed by atoms with E-state index in [1.54, 1.807) is 6.20 Å². The van der Waals surface area contributed by atoms with Crippen LogP contribution >= 0.6 is 79.5 Å². The van der Waals surface area contributed by atoms with Crippen molar-refractivity contribution in [2.24, 2.45) is 0 Å². The maximum atomic E-state index is 12.1. The molecule has 3 N–H and O–H groups in total. The van der Waals surface area contributed by atoms with E-state index in [-0.39, 0.29) is 11.7 Å². The molecule has 9 heteroatoms. The van der Waals surface area contributed by atoms with Gasteiger partial charge in [0.1, 0.15) is 5.03 Å². The van der Waals surface area contributed by atoms with E-state index < -0.39 is 0 Å². The first-order valence-electron chi connectivity index (χ1n) is 5.61. The number of rotatable bonds is 4. The lowest BCUT2D eigenvalue weighted by Gasteiger charge is -2.10. The minimum atomic E-state index is -0.0953. The Balaban J connectivity index is 2.01. The second kappa shape index (κ2) is 8.10. The van der Waals surface area contributed by atoms with E-state index in [1.165, 1.54) is 18.0 Å². The summed E-state index contributed by atoms with van der Waals surface area (Å²) >= 11 is 7.96. The van der Waals surface area contributed by atoms with Gasteiger partial charge in [-0.05, 0) is 79.9 Å². The normalized spacial score (nSPS) is 10.4. The summed E-state index contributed by atoms with van der Waals surface area (Å²) in [6, 6.07) is 4.04. The number of hydrogen-bond acceptors (Lipinski definition) is 5. The van der Waals surface area contributed by atoms with E-state index >= 15 is 0 Å². The molecule has 0 unspecified atom stereocenters. The molecule has 0 fully saturated rings. The van der Waals surface area contributed by atoms with E-state index in [1.807, 2.05) is 12.1 Å². The summed E-state index contributed by atoms with van der Waals surface area (Å²) in [4.78, 5) is 20.1. The molecule has 0 spiro atoms. The number of aromatic nitrogens is 2. The molecule has 0 saturated carbocycles. The van der Waals surface area contributed by atoms with Crippen LogP contribution in [-0.2, 0) is 4.79 Å². The van der Waals surface area contributed by atoms with Gasteiger partial charge in [-0.3, -0.25) is 4.79 Å². The van der Waals surface area contributed by atoms with Crippen LogP contribution in [0.2, 0.25) is 0 Å². The molecule has 0 bridgehead atoms. The Bertz CT molecular complexity index is 660. The van der Waals surface area contributed by atoms with Crippen LogP contribution in [0, 0.1) is 10.7 Å². The quantitative estimate of drug-likeness (QED) is 0.396. The van der Waals surface area contributed by atoms with Crippen LogP contribution < -0.4 is 11.1 Å². The number of anilines is 2.